The molecule has 8 nitrogen and oxygen atoms in total. The molecule has 4 aromatic rings. The fraction of sp³-hybridized carbons (Fsp3) is 0.158. The molecular formula is C19H19N7OS. The monoisotopic (exact) mass is 393 g/mol. The van der Waals surface area contributed by atoms with E-state index in [1.807, 2.05) is 29.8 Å². The summed E-state index contributed by atoms with van der Waals surface area (Å²) in [5, 5.41) is 6.74. The van der Waals surface area contributed by atoms with Crippen molar-refractivity contribution in [2.75, 3.05) is 10.6 Å². The van der Waals surface area contributed by atoms with Crippen molar-refractivity contribution in [1.29, 1.82) is 0 Å². The van der Waals surface area contributed by atoms with E-state index in [1.54, 1.807) is 23.7 Å². The maximum absolute atomic E-state index is 11.3. The summed E-state index contributed by atoms with van der Waals surface area (Å²) in [6, 6.07) is 8.14. The molecule has 5 N–H and O–H groups in total. The summed E-state index contributed by atoms with van der Waals surface area (Å²) in [6.45, 7) is 4.10. The lowest BCUT2D eigenvalue weighted by atomic mass is 10.1. The summed E-state index contributed by atoms with van der Waals surface area (Å²) in [7, 11) is 0. The summed E-state index contributed by atoms with van der Waals surface area (Å²) in [5.41, 5.74) is 11.4. The number of fused-ring (bicyclic) bond motifs is 1. The van der Waals surface area contributed by atoms with Gasteiger partial charge in [0.15, 0.2) is 5.82 Å². The normalized spacial score (nSPS) is 11.1. The molecule has 1 amide bonds. The molecule has 0 saturated heterocycles. The fourth-order valence-corrected chi connectivity index (χ4v) is 3.55. The minimum absolute atomic E-state index is 0.116. The molecule has 0 fully saturated rings. The van der Waals surface area contributed by atoms with Crippen molar-refractivity contribution in [3.8, 4) is 11.3 Å². The molecule has 9 heteroatoms. The van der Waals surface area contributed by atoms with Gasteiger partial charge >= 0.3 is 0 Å². The van der Waals surface area contributed by atoms with E-state index >= 15 is 0 Å². The number of anilines is 3. The first kappa shape index (κ1) is 17.9. The average molecular weight is 393 g/mol. The third-order valence-corrected chi connectivity index (χ3v) is 4.84. The van der Waals surface area contributed by atoms with E-state index in [0.29, 0.717) is 11.5 Å². The van der Waals surface area contributed by atoms with Gasteiger partial charge in [0.1, 0.15) is 5.82 Å². The second-order valence-corrected chi connectivity index (χ2v) is 7.47. The van der Waals surface area contributed by atoms with E-state index in [2.05, 4.69) is 44.4 Å². The van der Waals surface area contributed by atoms with Gasteiger partial charge in [-0.15, -0.1) is 11.3 Å². The van der Waals surface area contributed by atoms with Crippen LogP contribution in [-0.4, -0.2) is 31.9 Å². The number of carbonyl (C=O) groups is 1. The summed E-state index contributed by atoms with van der Waals surface area (Å²) >= 11 is 1.60. The first-order valence-corrected chi connectivity index (χ1v) is 9.59. The van der Waals surface area contributed by atoms with E-state index in [9.17, 15) is 4.79 Å². The Hall–Kier alpha value is -3.46. The number of pyridine rings is 1. The Bertz CT molecular complexity index is 1150. The van der Waals surface area contributed by atoms with Crippen LogP contribution < -0.4 is 16.4 Å². The van der Waals surface area contributed by atoms with Crippen LogP contribution in [-0.2, 0) is 0 Å². The topological polar surface area (TPSA) is 122 Å². The average Bonchev–Trinajstić information content (AvgIpc) is 3.30. The van der Waals surface area contributed by atoms with E-state index in [-0.39, 0.29) is 11.9 Å². The van der Waals surface area contributed by atoms with Gasteiger partial charge in [-0.3, -0.25) is 4.79 Å². The predicted octanol–water partition coefficient (Wildman–Crippen LogP) is 3.74. The van der Waals surface area contributed by atoms with Crippen LogP contribution in [0.1, 0.15) is 24.5 Å². The standard InChI is InChI=1S/C19H19N7OS/c1-10(2)24-14-6-17(25-11-3-4-13-16(5-11)28-9-23-13)21-7-12(14)15-8-22-19(26-15)18(20)27/h3-10H,1-2H3,(H2,20,27)(H,22,26)(H2,21,24,25). The van der Waals surface area contributed by atoms with Crippen molar-refractivity contribution in [2.24, 2.45) is 5.73 Å². The van der Waals surface area contributed by atoms with Crippen LogP contribution in [0.3, 0.4) is 0 Å². The molecule has 0 aliphatic rings. The minimum Gasteiger partial charge on any atom is -0.382 e. The summed E-state index contributed by atoms with van der Waals surface area (Å²) in [5.74, 6) is 0.213. The van der Waals surface area contributed by atoms with Gasteiger partial charge < -0.3 is 21.4 Å². The first-order valence-electron chi connectivity index (χ1n) is 8.71. The zero-order chi connectivity index (χ0) is 19.7. The molecule has 1 aromatic carbocycles. The van der Waals surface area contributed by atoms with Crippen LogP contribution in [0.2, 0.25) is 0 Å². The zero-order valence-electron chi connectivity index (χ0n) is 15.4. The number of aromatic amines is 1. The molecule has 4 rings (SSSR count). The molecule has 0 aliphatic carbocycles. The van der Waals surface area contributed by atoms with Gasteiger partial charge in [-0.05, 0) is 32.0 Å². The number of hydrogen-bond donors (Lipinski definition) is 4. The molecule has 3 heterocycles. The number of H-pyrrole nitrogens is 1. The number of rotatable bonds is 6. The van der Waals surface area contributed by atoms with Crippen LogP contribution in [0.15, 0.2) is 42.2 Å². The Morgan fingerprint density at radius 2 is 2.04 bits per heavy atom. The minimum atomic E-state index is -0.602. The highest BCUT2D eigenvalue weighted by Gasteiger charge is 2.13. The van der Waals surface area contributed by atoms with Crippen LogP contribution in [0, 0.1) is 0 Å². The lowest BCUT2D eigenvalue weighted by Crippen LogP contribution is -2.13. The van der Waals surface area contributed by atoms with Gasteiger partial charge in [-0.25, -0.2) is 15.0 Å². The van der Waals surface area contributed by atoms with Crippen LogP contribution in [0.25, 0.3) is 21.5 Å². The number of primary amides is 1. The third kappa shape index (κ3) is 3.65. The maximum Gasteiger partial charge on any atom is 0.284 e. The largest absolute Gasteiger partial charge is 0.382 e. The highest BCUT2D eigenvalue weighted by Crippen LogP contribution is 2.30. The van der Waals surface area contributed by atoms with E-state index in [4.69, 9.17) is 5.73 Å². The van der Waals surface area contributed by atoms with Crippen molar-refractivity contribution in [3.05, 3.63) is 48.0 Å². The lowest BCUT2D eigenvalue weighted by Gasteiger charge is -2.16. The number of nitrogens with one attached hydrogen (secondary N) is 3. The number of thiazole rings is 1. The van der Waals surface area contributed by atoms with E-state index < -0.39 is 5.91 Å². The Kier molecular flexibility index (Phi) is 4.66. The molecule has 142 valence electrons. The number of imidazole rings is 1. The number of nitrogens with zero attached hydrogens (tertiary/aromatic N) is 3. The van der Waals surface area contributed by atoms with Crippen molar-refractivity contribution < 1.29 is 4.79 Å². The molecule has 3 aromatic heterocycles. The Balaban J connectivity index is 1.67. The Morgan fingerprint density at radius 3 is 2.79 bits per heavy atom. The van der Waals surface area contributed by atoms with Crippen molar-refractivity contribution in [1.82, 2.24) is 19.9 Å². The van der Waals surface area contributed by atoms with E-state index in [0.717, 1.165) is 27.2 Å². The number of hydrogen-bond acceptors (Lipinski definition) is 7. The van der Waals surface area contributed by atoms with Crippen molar-refractivity contribution in [2.45, 2.75) is 19.9 Å². The van der Waals surface area contributed by atoms with Gasteiger partial charge in [0, 0.05) is 35.2 Å². The second kappa shape index (κ2) is 7.28. The quantitative estimate of drug-likeness (QED) is 0.396. The zero-order valence-corrected chi connectivity index (χ0v) is 16.2. The number of nitrogens with two attached hydrogens (primary N) is 1. The summed E-state index contributed by atoms with van der Waals surface area (Å²) in [4.78, 5) is 27.1. The molecule has 0 radical (unpaired) electrons. The summed E-state index contributed by atoms with van der Waals surface area (Å²) in [6.07, 6.45) is 3.31. The lowest BCUT2D eigenvalue weighted by molar-refractivity contribution is 0.0991. The van der Waals surface area contributed by atoms with Gasteiger partial charge in [0.05, 0.1) is 27.6 Å². The first-order chi connectivity index (χ1) is 13.5. The summed E-state index contributed by atoms with van der Waals surface area (Å²) < 4.78 is 1.11. The number of carbonyl (C=O) groups excluding carboxylic acids is 1. The second-order valence-electron chi connectivity index (χ2n) is 6.58. The van der Waals surface area contributed by atoms with Crippen LogP contribution in [0.4, 0.5) is 17.2 Å². The molecule has 0 bridgehead atoms. The fourth-order valence-electron chi connectivity index (χ4n) is 2.83. The van der Waals surface area contributed by atoms with Gasteiger partial charge in [-0.1, -0.05) is 0 Å². The molecule has 0 aliphatic heterocycles. The van der Waals surface area contributed by atoms with Crippen molar-refractivity contribution >= 4 is 44.7 Å². The molecule has 0 spiro atoms. The van der Waals surface area contributed by atoms with Gasteiger partial charge in [0.2, 0.25) is 0 Å². The Morgan fingerprint density at radius 1 is 1.18 bits per heavy atom. The third-order valence-electron chi connectivity index (χ3n) is 4.05. The number of benzene rings is 1. The molecule has 0 saturated carbocycles. The van der Waals surface area contributed by atoms with E-state index in [1.165, 1.54) is 0 Å². The maximum atomic E-state index is 11.3. The Labute approximate surface area is 165 Å². The van der Waals surface area contributed by atoms with Crippen LogP contribution in [0.5, 0.6) is 0 Å². The van der Waals surface area contributed by atoms with Gasteiger partial charge in [-0.2, -0.15) is 0 Å². The molecule has 0 unspecified atom stereocenters. The molecule has 28 heavy (non-hydrogen) atoms. The van der Waals surface area contributed by atoms with Crippen molar-refractivity contribution in [3.63, 3.8) is 0 Å². The molecular weight excluding hydrogens is 374 g/mol. The number of aromatic nitrogens is 4. The SMILES string of the molecule is CC(C)Nc1cc(Nc2ccc3ncsc3c2)ncc1-c1cnc(C(N)=O)[nH]1. The van der Waals surface area contributed by atoms with Crippen LogP contribution >= 0.6 is 11.3 Å². The highest BCUT2D eigenvalue weighted by atomic mass is 32.1. The van der Waals surface area contributed by atoms with Gasteiger partial charge in [0.25, 0.3) is 5.91 Å². The smallest absolute Gasteiger partial charge is 0.284 e. The highest BCUT2D eigenvalue weighted by molar-refractivity contribution is 7.16. The number of amides is 1. The predicted molar refractivity (Wildman–Crippen MR) is 112 cm³/mol. The molecule has 0 atom stereocenters.